The van der Waals surface area contributed by atoms with Gasteiger partial charge in [0.15, 0.2) is 0 Å². The van der Waals surface area contributed by atoms with Crippen LogP contribution in [0.1, 0.15) is 78.0 Å². The number of benzene rings is 1. The first-order valence-electron chi connectivity index (χ1n) is 9.76. The molecule has 4 atom stereocenters. The molecule has 1 aromatic rings. The third kappa shape index (κ3) is 3.36. The topological polar surface area (TPSA) is 55.8 Å². The normalized spacial score (nSPS) is 30.1. The van der Waals surface area contributed by atoms with E-state index in [-0.39, 0.29) is 23.5 Å². The third-order valence-corrected chi connectivity index (χ3v) is 5.99. The lowest BCUT2D eigenvalue weighted by Crippen LogP contribution is -2.52. The summed E-state index contributed by atoms with van der Waals surface area (Å²) in [5.74, 6) is -0.307. The summed E-state index contributed by atoms with van der Waals surface area (Å²) in [4.78, 5) is 11.8. The predicted octanol–water partition coefficient (Wildman–Crippen LogP) is 5.10. The van der Waals surface area contributed by atoms with E-state index in [0.29, 0.717) is 6.42 Å². The van der Waals surface area contributed by atoms with Crippen molar-refractivity contribution in [3.05, 3.63) is 29.3 Å². The molecule has 2 heterocycles. The lowest BCUT2D eigenvalue weighted by molar-refractivity contribution is -0.188. The third-order valence-electron chi connectivity index (χ3n) is 5.99. The van der Waals surface area contributed by atoms with Crippen molar-refractivity contribution in [1.82, 2.24) is 0 Å². The molecule has 1 saturated heterocycles. The maximum atomic E-state index is 11.8. The van der Waals surface area contributed by atoms with Gasteiger partial charge in [-0.2, -0.15) is 0 Å². The highest BCUT2D eigenvalue weighted by Gasteiger charge is 2.51. The van der Waals surface area contributed by atoms with Gasteiger partial charge < -0.3 is 14.6 Å². The Labute approximate surface area is 156 Å². The highest BCUT2D eigenvalue weighted by Crippen LogP contribution is 2.53. The van der Waals surface area contributed by atoms with Crippen molar-refractivity contribution >= 4 is 5.97 Å². The zero-order valence-corrected chi connectivity index (χ0v) is 16.8. The molecule has 0 unspecified atom stereocenters. The summed E-state index contributed by atoms with van der Waals surface area (Å²) in [5, 5.41) is 9.70. The van der Waals surface area contributed by atoms with Crippen molar-refractivity contribution in [3.63, 3.8) is 0 Å². The molecule has 4 nitrogen and oxygen atoms in total. The van der Waals surface area contributed by atoms with Crippen LogP contribution in [0.5, 0.6) is 5.75 Å². The molecule has 0 radical (unpaired) electrons. The standard InChI is InChI=1S/C22H32O4/c1-7-8-17-15(20(23)24)12-16-19(25-17)14-10-9-13(21(2,3)4)11-18(14)26-22(16,5)6/h9-11,15-17,19H,7-8,12H2,1-6H3,(H,23,24)/t15-,16+,17+,19-/m0/s1. The van der Waals surface area contributed by atoms with Gasteiger partial charge in [0.1, 0.15) is 11.4 Å². The summed E-state index contributed by atoms with van der Waals surface area (Å²) < 4.78 is 12.8. The van der Waals surface area contributed by atoms with Crippen molar-refractivity contribution < 1.29 is 19.4 Å². The molecule has 0 aromatic heterocycles. The highest BCUT2D eigenvalue weighted by molar-refractivity contribution is 5.71. The van der Waals surface area contributed by atoms with Crippen LogP contribution in [0.15, 0.2) is 18.2 Å². The minimum Gasteiger partial charge on any atom is -0.487 e. The van der Waals surface area contributed by atoms with Gasteiger partial charge in [-0.15, -0.1) is 0 Å². The molecule has 4 heteroatoms. The van der Waals surface area contributed by atoms with E-state index in [1.807, 2.05) is 0 Å². The number of rotatable bonds is 3. The number of aliphatic carboxylic acids is 1. The second-order valence-corrected chi connectivity index (χ2v) is 9.38. The second-order valence-electron chi connectivity index (χ2n) is 9.38. The summed E-state index contributed by atoms with van der Waals surface area (Å²) in [7, 11) is 0. The van der Waals surface area contributed by atoms with Gasteiger partial charge in [-0.05, 0) is 43.7 Å². The van der Waals surface area contributed by atoms with Crippen LogP contribution in [0.25, 0.3) is 0 Å². The van der Waals surface area contributed by atoms with Crippen LogP contribution in [0.4, 0.5) is 0 Å². The monoisotopic (exact) mass is 360 g/mol. The van der Waals surface area contributed by atoms with Crippen molar-refractivity contribution in [2.24, 2.45) is 11.8 Å². The molecule has 3 rings (SSSR count). The number of fused-ring (bicyclic) bond motifs is 3. The van der Waals surface area contributed by atoms with E-state index < -0.39 is 17.5 Å². The zero-order valence-electron chi connectivity index (χ0n) is 16.8. The Hall–Kier alpha value is -1.55. The molecule has 1 aromatic carbocycles. The molecule has 1 N–H and O–H groups in total. The quantitative estimate of drug-likeness (QED) is 0.814. The molecule has 2 aliphatic rings. The van der Waals surface area contributed by atoms with Gasteiger partial charge in [0, 0.05) is 11.5 Å². The fourth-order valence-corrected chi connectivity index (χ4v) is 4.36. The van der Waals surface area contributed by atoms with Gasteiger partial charge in [0.2, 0.25) is 0 Å². The van der Waals surface area contributed by atoms with Gasteiger partial charge in [0.05, 0.1) is 18.1 Å². The first-order valence-corrected chi connectivity index (χ1v) is 9.76. The van der Waals surface area contributed by atoms with E-state index in [2.05, 4.69) is 59.7 Å². The van der Waals surface area contributed by atoms with Gasteiger partial charge in [-0.25, -0.2) is 0 Å². The molecule has 2 aliphatic heterocycles. The molecule has 1 fully saturated rings. The fraction of sp³-hybridized carbons (Fsp3) is 0.682. The molecule has 144 valence electrons. The maximum Gasteiger partial charge on any atom is 0.309 e. The summed E-state index contributed by atoms with van der Waals surface area (Å²) in [5.41, 5.74) is 1.88. The number of carbonyl (C=O) groups is 1. The fourth-order valence-electron chi connectivity index (χ4n) is 4.36. The molecular formula is C22H32O4. The summed E-state index contributed by atoms with van der Waals surface area (Å²) in [6, 6.07) is 6.40. The number of hydrogen-bond donors (Lipinski definition) is 1. The average Bonchev–Trinajstić information content (AvgIpc) is 2.52. The second kappa shape index (κ2) is 6.56. The van der Waals surface area contributed by atoms with Crippen LogP contribution in [-0.2, 0) is 14.9 Å². The average molecular weight is 360 g/mol. The van der Waals surface area contributed by atoms with Crippen molar-refractivity contribution in [2.75, 3.05) is 0 Å². The van der Waals surface area contributed by atoms with E-state index in [1.165, 1.54) is 5.56 Å². The van der Waals surface area contributed by atoms with Crippen LogP contribution in [0.3, 0.4) is 0 Å². The molecule has 26 heavy (non-hydrogen) atoms. The lowest BCUT2D eigenvalue weighted by Gasteiger charge is -2.50. The minimum absolute atomic E-state index is 0.0321. The molecule has 0 spiro atoms. The van der Waals surface area contributed by atoms with E-state index >= 15 is 0 Å². The Morgan fingerprint density at radius 2 is 2.00 bits per heavy atom. The Bertz CT molecular complexity index is 686. The Morgan fingerprint density at radius 1 is 1.31 bits per heavy atom. The molecule has 0 saturated carbocycles. The molecule has 0 amide bonds. The summed E-state index contributed by atoms with van der Waals surface area (Å²) in [6.45, 7) is 12.8. The van der Waals surface area contributed by atoms with Crippen LogP contribution < -0.4 is 4.74 Å². The lowest BCUT2D eigenvalue weighted by atomic mass is 9.71. The van der Waals surface area contributed by atoms with Gasteiger partial charge in [-0.3, -0.25) is 4.79 Å². The van der Waals surface area contributed by atoms with Gasteiger partial charge in [-0.1, -0.05) is 46.2 Å². The minimum atomic E-state index is -0.758. The number of carboxylic acid groups (broad SMARTS) is 1. The maximum absolute atomic E-state index is 11.8. The first-order chi connectivity index (χ1) is 12.0. The van der Waals surface area contributed by atoms with Crippen molar-refractivity contribution in [1.29, 1.82) is 0 Å². The van der Waals surface area contributed by atoms with Crippen molar-refractivity contribution in [3.8, 4) is 5.75 Å². The van der Waals surface area contributed by atoms with E-state index in [9.17, 15) is 9.90 Å². The largest absolute Gasteiger partial charge is 0.487 e. The molecule has 0 bridgehead atoms. The number of ether oxygens (including phenoxy) is 2. The Kier molecular flexibility index (Phi) is 4.85. The SMILES string of the molecule is CCC[C@H]1O[C@H]2c3ccc(C(C)(C)C)cc3OC(C)(C)[C@@H]2C[C@@H]1C(=O)O. The smallest absolute Gasteiger partial charge is 0.309 e. The van der Waals surface area contributed by atoms with Crippen LogP contribution in [-0.4, -0.2) is 22.8 Å². The molecular weight excluding hydrogens is 328 g/mol. The Balaban J connectivity index is 2.01. The highest BCUT2D eigenvalue weighted by atomic mass is 16.5. The number of carboxylic acids is 1. The summed E-state index contributed by atoms with van der Waals surface area (Å²) >= 11 is 0. The van der Waals surface area contributed by atoms with Crippen molar-refractivity contribution in [2.45, 2.75) is 84.0 Å². The van der Waals surface area contributed by atoms with E-state index in [0.717, 1.165) is 24.2 Å². The van der Waals surface area contributed by atoms with Gasteiger partial charge >= 0.3 is 5.97 Å². The Morgan fingerprint density at radius 3 is 2.58 bits per heavy atom. The summed E-state index contributed by atoms with van der Waals surface area (Å²) in [6.07, 6.45) is 1.95. The zero-order chi connectivity index (χ0) is 19.3. The van der Waals surface area contributed by atoms with Gasteiger partial charge in [0.25, 0.3) is 0 Å². The van der Waals surface area contributed by atoms with E-state index in [4.69, 9.17) is 9.47 Å². The van der Waals surface area contributed by atoms with E-state index in [1.54, 1.807) is 0 Å². The van der Waals surface area contributed by atoms with Crippen LogP contribution >= 0.6 is 0 Å². The van der Waals surface area contributed by atoms with Crippen LogP contribution in [0, 0.1) is 11.8 Å². The predicted molar refractivity (Wildman–Crippen MR) is 102 cm³/mol. The van der Waals surface area contributed by atoms with Crippen LogP contribution in [0.2, 0.25) is 0 Å². The molecule has 0 aliphatic carbocycles. The number of hydrogen-bond acceptors (Lipinski definition) is 3. The first kappa shape index (κ1) is 19.2.